The second kappa shape index (κ2) is 10.4. The third-order valence-corrected chi connectivity index (χ3v) is 5.73. The number of benzene rings is 1. The van der Waals surface area contributed by atoms with Crippen LogP contribution >= 0.6 is 0 Å². The highest BCUT2D eigenvalue weighted by molar-refractivity contribution is 5.80. The molecule has 1 aromatic heterocycles. The van der Waals surface area contributed by atoms with Crippen LogP contribution in [-0.4, -0.2) is 47.1 Å². The fourth-order valence-corrected chi connectivity index (χ4v) is 3.82. The fourth-order valence-electron chi connectivity index (χ4n) is 3.82. The van der Waals surface area contributed by atoms with Crippen molar-refractivity contribution in [3.8, 4) is 0 Å². The zero-order valence-corrected chi connectivity index (χ0v) is 18.6. The molecule has 1 fully saturated rings. The van der Waals surface area contributed by atoms with Gasteiger partial charge < -0.3 is 15.2 Å². The van der Waals surface area contributed by atoms with Crippen molar-refractivity contribution in [1.82, 2.24) is 20.1 Å². The van der Waals surface area contributed by atoms with E-state index >= 15 is 0 Å². The van der Waals surface area contributed by atoms with E-state index in [-0.39, 0.29) is 5.56 Å². The van der Waals surface area contributed by atoms with Gasteiger partial charge in [0.15, 0.2) is 5.96 Å². The van der Waals surface area contributed by atoms with Crippen LogP contribution < -0.4 is 16.2 Å². The summed E-state index contributed by atoms with van der Waals surface area (Å²) < 4.78 is 1.71. The second-order valence-electron chi connectivity index (χ2n) is 8.45. The summed E-state index contributed by atoms with van der Waals surface area (Å²) in [6, 6.07) is 14.6. The highest BCUT2D eigenvalue weighted by atomic mass is 16.1. The molecule has 0 radical (unpaired) electrons. The molecule has 2 N–H and O–H groups in total. The molecule has 2 unspecified atom stereocenters. The molecule has 1 aliphatic rings. The molecule has 2 atom stereocenters. The Kier molecular flexibility index (Phi) is 7.69. The summed E-state index contributed by atoms with van der Waals surface area (Å²) in [4.78, 5) is 19.2. The smallest absolute Gasteiger partial charge is 0.250 e. The third-order valence-electron chi connectivity index (χ3n) is 5.73. The average Bonchev–Trinajstić information content (AvgIpc) is 3.10. The molecule has 30 heavy (non-hydrogen) atoms. The molecule has 162 valence electrons. The van der Waals surface area contributed by atoms with Crippen molar-refractivity contribution in [3.05, 3.63) is 70.1 Å². The summed E-state index contributed by atoms with van der Waals surface area (Å²) in [5.41, 5.74) is 2.28. The lowest BCUT2D eigenvalue weighted by molar-refractivity contribution is 0.265. The van der Waals surface area contributed by atoms with E-state index in [0.717, 1.165) is 36.7 Å². The highest BCUT2D eigenvalue weighted by Gasteiger charge is 2.31. The van der Waals surface area contributed by atoms with Crippen LogP contribution in [0.3, 0.4) is 0 Å². The molecule has 0 amide bonds. The van der Waals surface area contributed by atoms with Gasteiger partial charge in [-0.15, -0.1) is 0 Å². The number of guanidine groups is 1. The zero-order valence-electron chi connectivity index (χ0n) is 18.6. The maximum absolute atomic E-state index is 11.9. The van der Waals surface area contributed by atoms with Gasteiger partial charge >= 0.3 is 0 Å². The monoisotopic (exact) mass is 409 g/mol. The molecule has 1 aromatic carbocycles. The van der Waals surface area contributed by atoms with Crippen LogP contribution in [0.5, 0.6) is 0 Å². The standard InChI is InChI=1S/C24H35N5O/c1-5-25-24(27-22-17-29(18(2)3)15-19(22)4)26-14-20-9-11-21(12-10-20)16-28-13-7-6-8-23(28)30/h6-13,18-19,22H,5,14-17H2,1-4H3,(H2,25,26,27). The number of aromatic nitrogens is 1. The molecule has 0 bridgehead atoms. The molecular weight excluding hydrogens is 374 g/mol. The van der Waals surface area contributed by atoms with Crippen LogP contribution in [0.15, 0.2) is 58.4 Å². The fraction of sp³-hybridized carbons (Fsp3) is 0.500. The van der Waals surface area contributed by atoms with E-state index in [1.54, 1.807) is 16.7 Å². The maximum atomic E-state index is 11.9. The Bertz CT molecular complexity index is 887. The second-order valence-corrected chi connectivity index (χ2v) is 8.45. The van der Waals surface area contributed by atoms with Crippen molar-refractivity contribution in [3.63, 3.8) is 0 Å². The Balaban J connectivity index is 1.60. The Hall–Kier alpha value is -2.60. The van der Waals surface area contributed by atoms with Gasteiger partial charge in [-0.05, 0) is 43.9 Å². The summed E-state index contributed by atoms with van der Waals surface area (Å²) in [6.45, 7) is 13.1. The molecule has 0 aliphatic carbocycles. The molecule has 2 heterocycles. The predicted molar refractivity (Wildman–Crippen MR) is 124 cm³/mol. The van der Waals surface area contributed by atoms with Gasteiger partial charge in [0.05, 0.1) is 13.1 Å². The largest absolute Gasteiger partial charge is 0.357 e. The molecule has 0 spiro atoms. The first kappa shape index (κ1) is 22.1. The molecular formula is C24H35N5O. The van der Waals surface area contributed by atoms with Crippen LogP contribution in [-0.2, 0) is 13.1 Å². The van der Waals surface area contributed by atoms with E-state index < -0.39 is 0 Å². The van der Waals surface area contributed by atoms with Crippen molar-refractivity contribution in [2.24, 2.45) is 10.9 Å². The number of nitrogens with one attached hydrogen (secondary N) is 2. The maximum Gasteiger partial charge on any atom is 0.250 e. The minimum absolute atomic E-state index is 0.0182. The topological polar surface area (TPSA) is 61.7 Å². The van der Waals surface area contributed by atoms with Crippen LogP contribution in [0, 0.1) is 5.92 Å². The lowest BCUT2D eigenvalue weighted by Gasteiger charge is -2.22. The molecule has 3 rings (SSSR count). The van der Waals surface area contributed by atoms with Crippen LogP contribution in [0.1, 0.15) is 38.8 Å². The van der Waals surface area contributed by atoms with E-state index in [1.807, 2.05) is 12.3 Å². The van der Waals surface area contributed by atoms with E-state index in [0.29, 0.717) is 31.1 Å². The number of hydrogen-bond acceptors (Lipinski definition) is 3. The first-order chi connectivity index (χ1) is 14.5. The lowest BCUT2D eigenvalue weighted by Crippen LogP contribution is -2.46. The highest BCUT2D eigenvalue weighted by Crippen LogP contribution is 2.18. The van der Waals surface area contributed by atoms with Crippen LogP contribution in [0.4, 0.5) is 0 Å². The average molecular weight is 410 g/mol. The molecule has 1 saturated heterocycles. The number of pyridine rings is 1. The molecule has 6 heteroatoms. The van der Waals surface area contributed by atoms with Gasteiger partial charge in [0.1, 0.15) is 0 Å². The molecule has 0 saturated carbocycles. The van der Waals surface area contributed by atoms with Gasteiger partial charge in [-0.2, -0.15) is 0 Å². The summed E-state index contributed by atoms with van der Waals surface area (Å²) >= 11 is 0. The van der Waals surface area contributed by atoms with E-state index in [1.165, 1.54) is 0 Å². The number of aliphatic imine (C=N–C) groups is 1. The Morgan fingerprint density at radius 1 is 1.13 bits per heavy atom. The van der Waals surface area contributed by atoms with E-state index in [9.17, 15) is 4.79 Å². The normalized spacial score (nSPS) is 20.0. The van der Waals surface area contributed by atoms with Gasteiger partial charge in [0, 0.05) is 44.0 Å². The van der Waals surface area contributed by atoms with Gasteiger partial charge in [0.25, 0.3) is 5.56 Å². The van der Waals surface area contributed by atoms with Gasteiger partial charge in [-0.25, -0.2) is 4.99 Å². The van der Waals surface area contributed by atoms with Crippen molar-refractivity contribution in [1.29, 1.82) is 0 Å². The molecule has 2 aromatic rings. The van der Waals surface area contributed by atoms with Gasteiger partial charge in [-0.3, -0.25) is 9.69 Å². The number of nitrogens with zero attached hydrogens (tertiary/aromatic N) is 3. The quantitative estimate of drug-likeness (QED) is 0.545. The predicted octanol–water partition coefficient (Wildman–Crippen LogP) is 2.68. The summed E-state index contributed by atoms with van der Waals surface area (Å²) in [5.74, 6) is 1.47. The van der Waals surface area contributed by atoms with Gasteiger partial charge in [0.2, 0.25) is 0 Å². The first-order valence-corrected chi connectivity index (χ1v) is 11.0. The summed E-state index contributed by atoms with van der Waals surface area (Å²) in [7, 11) is 0. The van der Waals surface area contributed by atoms with Crippen molar-refractivity contribution in [2.75, 3.05) is 19.6 Å². The Morgan fingerprint density at radius 2 is 1.87 bits per heavy atom. The number of likely N-dealkylation sites (tertiary alicyclic amines) is 1. The lowest BCUT2D eigenvalue weighted by atomic mass is 10.1. The van der Waals surface area contributed by atoms with Crippen LogP contribution in [0.25, 0.3) is 0 Å². The zero-order chi connectivity index (χ0) is 21.5. The Morgan fingerprint density at radius 3 is 2.50 bits per heavy atom. The van der Waals surface area contributed by atoms with Crippen molar-refractivity contribution in [2.45, 2.75) is 52.9 Å². The molecule has 1 aliphatic heterocycles. The summed E-state index contributed by atoms with van der Waals surface area (Å²) in [6.07, 6.45) is 1.82. The SMILES string of the molecule is CCNC(=NCc1ccc(Cn2ccccc2=O)cc1)NC1CN(C(C)C)CC1C. The Labute approximate surface area is 180 Å². The third kappa shape index (κ3) is 5.95. The number of rotatable bonds is 7. The van der Waals surface area contributed by atoms with Crippen molar-refractivity contribution >= 4 is 5.96 Å². The number of hydrogen-bond donors (Lipinski definition) is 2. The van der Waals surface area contributed by atoms with Gasteiger partial charge in [-0.1, -0.05) is 37.3 Å². The van der Waals surface area contributed by atoms with E-state index in [4.69, 9.17) is 4.99 Å². The molecule has 6 nitrogen and oxygen atoms in total. The van der Waals surface area contributed by atoms with Crippen LogP contribution in [0.2, 0.25) is 0 Å². The van der Waals surface area contributed by atoms with E-state index in [2.05, 4.69) is 67.5 Å². The first-order valence-electron chi connectivity index (χ1n) is 11.0. The minimum atomic E-state index is 0.0182. The summed E-state index contributed by atoms with van der Waals surface area (Å²) in [5, 5.41) is 7.01. The van der Waals surface area contributed by atoms with Crippen molar-refractivity contribution < 1.29 is 0 Å². The minimum Gasteiger partial charge on any atom is -0.357 e.